The Morgan fingerprint density at radius 3 is 2.55 bits per heavy atom. The van der Waals surface area contributed by atoms with Crippen molar-refractivity contribution in [1.82, 2.24) is 10.2 Å². The number of amides is 2. The third-order valence-electron chi connectivity index (χ3n) is 4.38. The lowest BCUT2D eigenvalue weighted by Gasteiger charge is -2.27. The van der Waals surface area contributed by atoms with Gasteiger partial charge in [-0.3, -0.25) is 19.8 Å². The summed E-state index contributed by atoms with van der Waals surface area (Å²) in [6.07, 6.45) is 3.06. The first-order chi connectivity index (χ1) is 14.9. The molecule has 0 unspecified atom stereocenters. The molecule has 0 radical (unpaired) electrons. The number of rotatable bonds is 8. The first kappa shape index (κ1) is 22.7. The summed E-state index contributed by atoms with van der Waals surface area (Å²) in [5.74, 6) is 0.0860. The van der Waals surface area contributed by atoms with Crippen molar-refractivity contribution in [2.45, 2.75) is 13.5 Å². The van der Waals surface area contributed by atoms with Crippen LogP contribution in [-0.4, -0.2) is 35.0 Å². The van der Waals surface area contributed by atoms with Crippen LogP contribution in [0.3, 0.4) is 0 Å². The monoisotopic (exact) mass is 500 g/mol. The van der Waals surface area contributed by atoms with Crippen molar-refractivity contribution >= 4 is 51.2 Å². The molecule has 3 rings (SSSR count). The maximum absolute atomic E-state index is 12.7. The van der Waals surface area contributed by atoms with Gasteiger partial charge in [-0.1, -0.05) is 40.2 Å². The molecule has 8 heteroatoms. The number of ether oxygens (including phenoxy) is 2. The Kier molecular flexibility index (Phi) is 7.59. The van der Waals surface area contributed by atoms with Gasteiger partial charge in [0, 0.05) is 11.0 Å². The van der Waals surface area contributed by atoms with Crippen LogP contribution in [0, 0.1) is 0 Å². The van der Waals surface area contributed by atoms with Gasteiger partial charge in [-0.15, -0.1) is 6.58 Å². The minimum atomic E-state index is -0.538. The second kappa shape index (κ2) is 10.4. The van der Waals surface area contributed by atoms with Gasteiger partial charge in [0.05, 0.1) is 6.61 Å². The SMILES string of the molecule is C=CCN1C(=O)/C(=C/c2ccc(OCc3ccc(Br)cc3)c(OCC)c2)C(=O)NC1=S. The van der Waals surface area contributed by atoms with E-state index >= 15 is 0 Å². The fourth-order valence-corrected chi connectivity index (χ4v) is 3.41. The zero-order valence-corrected chi connectivity index (χ0v) is 19.3. The molecule has 2 aromatic carbocycles. The molecule has 2 amide bonds. The molecular formula is C23H21BrN2O4S. The lowest BCUT2D eigenvalue weighted by molar-refractivity contribution is -0.128. The average Bonchev–Trinajstić information content (AvgIpc) is 2.75. The largest absolute Gasteiger partial charge is 0.490 e. The third kappa shape index (κ3) is 5.59. The average molecular weight is 501 g/mol. The summed E-state index contributed by atoms with van der Waals surface area (Å²) in [4.78, 5) is 26.3. The van der Waals surface area contributed by atoms with Crippen molar-refractivity contribution in [3.8, 4) is 11.5 Å². The summed E-state index contributed by atoms with van der Waals surface area (Å²) < 4.78 is 12.6. The Hall–Kier alpha value is -2.97. The van der Waals surface area contributed by atoms with Crippen LogP contribution in [0.15, 0.2) is 65.2 Å². The third-order valence-corrected chi connectivity index (χ3v) is 5.23. The lowest BCUT2D eigenvalue weighted by Crippen LogP contribution is -2.53. The molecule has 1 saturated heterocycles. The summed E-state index contributed by atoms with van der Waals surface area (Å²) in [5.41, 5.74) is 1.63. The van der Waals surface area contributed by atoms with E-state index in [2.05, 4.69) is 27.8 Å². The normalized spacial score (nSPS) is 15.1. The van der Waals surface area contributed by atoms with Gasteiger partial charge in [0.2, 0.25) is 0 Å². The summed E-state index contributed by atoms with van der Waals surface area (Å²) >= 11 is 8.48. The fraction of sp³-hybridized carbons (Fsp3) is 0.174. The fourth-order valence-electron chi connectivity index (χ4n) is 2.90. The van der Waals surface area contributed by atoms with Crippen molar-refractivity contribution in [2.24, 2.45) is 0 Å². The zero-order chi connectivity index (χ0) is 22.4. The van der Waals surface area contributed by atoms with E-state index in [9.17, 15) is 9.59 Å². The summed E-state index contributed by atoms with van der Waals surface area (Å²) in [6, 6.07) is 13.1. The van der Waals surface area contributed by atoms with E-state index < -0.39 is 11.8 Å². The highest BCUT2D eigenvalue weighted by Gasteiger charge is 2.32. The van der Waals surface area contributed by atoms with E-state index in [1.54, 1.807) is 24.3 Å². The molecule has 0 aliphatic carbocycles. The van der Waals surface area contributed by atoms with Gasteiger partial charge in [0.25, 0.3) is 11.8 Å². The second-order valence-corrected chi connectivity index (χ2v) is 7.88. The molecule has 0 spiro atoms. The number of nitrogens with one attached hydrogen (secondary N) is 1. The molecule has 1 aliphatic heterocycles. The van der Waals surface area contributed by atoms with E-state index in [-0.39, 0.29) is 17.2 Å². The molecule has 0 saturated carbocycles. The molecule has 1 fully saturated rings. The Labute approximate surface area is 194 Å². The maximum Gasteiger partial charge on any atom is 0.265 e. The molecular weight excluding hydrogens is 480 g/mol. The molecule has 0 bridgehead atoms. The van der Waals surface area contributed by atoms with Crippen LogP contribution in [0.2, 0.25) is 0 Å². The van der Waals surface area contributed by atoms with Crippen molar-refractivity contribution < 1.29 is 19.1 Å². The van der Waals surface area contributed by atoms with E-state index in [0.717, 1.165) is 10.0 Å². The van der Waals surface area contributed by atoms with Crippen LogP contribution in [0.4, 0.5) is 0 Å². The minimum Gasteiger partial charge on any atom is -0.490 e. The summed E-state index contributed by atoms with van der Waals surface area (Å²) in [7, 11) is 0. The number of thiocarbonyl (C=S) groups is 1. The highest BCUT2D eigenvalue weighted by molar-refractivity contribution is 9.10. The number of halogens is 1. The molecule has 0 aromatic heterocycles. The van der Waals surface area contributed by atoms with E-state index in [1.165, 1.54) is 11.0 Å². The minimum absolute atomic E-state index is 0.0126. The van der Waals surface area contributed by atoms with Crippen molar-refractivity contribution in [3.05, 3.63) is 76.3 Å². The Morgan fingerprint density at radius 1 is 1.13 bits per heavy atom. The lowest BCUT2D eigenvalue weighted by atomic mass is 10.1. The van der Waals surface area contributed by atoms with Crippen LogP contribution >= 0.6 is 28.1 Å². The molecule has 1 N–H and O–H groups in total. The number of nitrogens with zero attached hydrogens (tertiary/aromatic N) is 1. The Bertz CT molecular complexity index is 1050. The molecule has 1 heterocycles. The van der Waals surface area contributed by atoms with Gasteiger partial charge < -0.3 is 9.47 Å². The van der Waals surface area contributed by atoms with Crippen molar-refractivity contribution in [3.63, 3.8) is 0 Å². The molecule has 1 aliphatic rings. The number of hydrogen-bond donors (Lipinski definition) is 1. The summed E-state index contributed by atoms with van der Waals surface area (Å²) in [6.45, 7) is 6.52. The van der Waals surface area contributed by atoms with E-state index in [1.807, 2.05) is 31.2 Å². The number of carbonyl (C=O) groups excluding carboxylic acids is 2. The summed E-state index contributed by atoms with van der Waals surface area (Å²) in [5, 5.41) is 2.60. The van der Waals surface area contributed by atoms with Gasteiger partial charge in [-0.2, -0.15) is 0 Å². The Morgan fingerprint density at radius 2 is 1.87 bits per heavy atom. The standard InChI is InChI=1S/C23H21BrN2O4S/c1-3-11-26-22(28)18(21(27)25-23(26)31)12-16-7-10-19(20(13-16)29-4-2)30-14-15-5-8-17(24)9-6-15/h3,5-10,12-13H,1,4,11,14H2,2H3,(H,25,27,31)/b18-12+. The van der Waals surface area contributed by atoms with E-state index in [4.69, 9.17) is 21.7 Å². The molecule has 31 heavy (non-hydrogen) atoms. The van der Waals surface area contributed by atoms with Crippen LogP contribution in [0.5, 0.6) is 11.5 Å². The zero-order valence-electron chi connectivity index (χ0n) is 16.9. The van der Waals surface area contributed by atoms with Gasteiger partial charge in [-0.25, -0.2) is 0 Å². The smallest absolute Gasteiger partial charge is 0.265 e. The predicted molar refractivity (Wildman–Crippen MR) is 127 cm³/mol. The van der Waals surface area contributed by atoms with Gasteiger partial charge in [0.1, 0.15) is 12.2 Å². The van der Waals surface area contributed by atoms with Crippen molar-refractivity contribution in [2.75, 3.05) is 13.2 Å². The first-order valence-electron chi connectivity index (χ1n) is 9.56. The van der Waals surface area contributed by atoms with Crippen molar-refractivity contribution in [1.29, 1.82) is 0 Å². The number of hydrogen-bond acceptors (Lipinski definition) is 5. The second-order valence-electron chi connectivity index (χ2n) is 6.58. The Balaban J connectivity index is 1.84. The van der Waals surface area contributed by atoms with Crippen LogP contribution in [0.1, 0.15) is 18.1 Å². The van der Waals surface area contributed by atoms with Crippen LogP contribution in [0.25, 0.3) is 6.08 Å². The number of benzene rings is 2. The molecule has 0 atom stereocenters. The first-order valence-corrected chi connectivity index (χ1v) is 10.8. The van der Waals surface area contributed by atoms with Gasteiger partial charge in [-0.05, 0) is 60.6 Å². The topological polar surface area (TPSA) is 67.9 Å². The van der Waals surface area contributed by atoms with Crippen LogP contribution in [-0.2, 0) is 16.2 Å². The van der Waals surface area contributed by atoms with Gasteiger partial charge in [0.15, 0.2) is 16.6 Å². The van der Waals surface area contributed by atoms with Crippen LogP contribution < -0.4 is 14.8 Å². The molecule has 160 valence electrons. The predicted octanol–water partition coefficient (Wildman–Crippen LogP) is 4.24. The molecule has 6 nitrogen and oxygen atoms in total. The highest BCUT2D eigenvalue weighted by atomic mass is 79.9. The maximum atomic E-state index is 12.7. The molecule has 2 aromatic rings. The van der Waals surface area contributed by atoms with E-state index in [0.29, 0.717) is 30.3 Å². The van der Waals surface area contributed by atoms with Gasteiger partial charge >= 0.3 is 0 Å². The quantitative estimate of drug-likeness (QED) is 0.254. The highest BCUT2D eigenvalue weighted by Crippen LogP contribution is 2.30. The number of carbonyl (C=O) groups is 2.